The summed E-state index contributed by atoms with van der Waals surface area (Å²) < 4.78 is 0. The monoisotopic (exact) mass is 331 g/mol. The number of amides is 1. The Balaban J connectivity index is 1.84. The molecule has 22 heavy (non-hydrogen) atoms. The summed E-state index contributed by atoms with van der Waals surface area (Å²) in [7, 11) is 0. The summed E-state index contributed by atoms with van der Waals surface area (Å²) in [6.07, 6.45) is 0.378. The average Bonchev–Trinajstić information content (AvgIpc) is 2.53. The van der Waals surface area contributed by atoms with E-state index in [2.05, 4.69) is 5.32 Å². The first-order valence-electron chi connectivity index (χ1n) is 6.85. The molecule has 0 fully saturated rings. The van der Waals surface area contributed by atoms with Crippen LogP contribution in [0.4, 0.5) is 0 Å². The molecule has 1 amide bonds. The van der Waals surface area contributed by atoms with Crippen molar-refractivity contribution in [2.45, 2.75) is 17.4 Å². The molecule has 0 bridgehead atoms. The van der Waals surface area contributed by atoms with Crippen molar-refractivity contribution in [1.82, 2.24) is 5.32 Å². The van der Waals surface area contributed by atoms with E-state index >= 15 is 0 Å². The maximum Gasteiger partial charge on any atom is 0.261 e. The summed E-state index contributed by atoms with van der Waals surface area (Å²) in [6, 6.07) is 16.7. The van der Waals surface area contributed by atoms with E-state index in [9.17, 15) is 9.90 Å². The van der Waals surface area contributed by atoms with Gasteiger partial charge in [-0.25, -0.2) is 0 Å². The van der Waals surface area contributed by atoms with Crippen LogP contribution in [0.25, 0.3) is 0 Å². The Kier molecular flexibility index (Phi) is 4.41. The fourth-order valence-electron chi connectivity index (χ4n) is 2.32. The number of carbonyl (C=O) groups is 1. The topological polar surface area (TPSA) is 49.3 Å². The van der Waals surface area contributed by atoms with Gasteiger partial charge in [0.25, 0.3) is 5.91 Å². The molecule has 0 saturated heterocycles. The van der Waals surface area contributed by atoms with E-state index in [1.54, 1.807) is 6.07 Å². The molecular formula is C17H14ClNO2S. The molecule has 1 heterocycles. The highest BCUT2D eigenvalue weighted by Gasteiger charge is 2.28. The van der Waals surface area contributed by atoms with Crippen LogP contribution in [0, 0.1) is 0 Å². The van der Waals surface area contributed by atoms with Crippen molar-refractivity contribution < 1.29 is 9.90 Å². The van der Waals surface area contributed by atoms with Crippen LogP contribution in [0.2, 0.25) is 5.02 Å². The van der Waals surface area contributed by atoms with E-state index in [0.29, 0.717) is 16.3 Å². The summed E-state index contributed by atoms with van der Waals surface area (Å²) in [5, 5.41) is 13.8. The zero-order valence-electron chi connectivity index (χ0n) is 11.6. The molecule has 1 atom stereocenters. The van der Waals surface area contributed by atoms with Gasteiger partial charge in [0.15, 0.2) is 0 Å². The number of aliphatic hydroxyl groups is 1. The first-order valence-corrected chi connectivity index (χ1v) is 8.05. The molecule has 0 radical (unpaired) electrons. The number of carbonyl (C=O) groups excluding carboxylic acids is 1. The van der Waals surface area contributed by atoms with Gasteiger partial charge >= 0.3 is 0 Å². The molecule has 1 unspecified atom stereocenters. The Morgan fingerprint density at radius 2 is 1.77 bits per heavy atom. The number of hydrogen-bond acceptors (Lipinski definition) is 3. The normalized spacial score (nSPS) is 18.2. The van der Waals surface area contributed by atoms with E-state index in [4.69, 9.17) is 11.6 Å². The van der Waals surface area contributed by atoms with Crippen LogP contribution in [0.3, 0.4) is 0 Å². The number of halogens is 1. The minimum Gasteiger partial charge on any atom is -0.511 e. The number of benzene rings is 2. The lowest BCUT2D eigenvalue weighted by Crippen LogP contribution is -2.34. The molecule has 1 aliphatic rings. The van der Waals surface area contributed by atoms with Crippen LogP contribution < -0.4 is 5.32 Å². The number of aliphatic hydroxyl groups excluding tert-OH is 1. The first-order chi connectivity index (χ1) is 10.6. The fraction of sp³-hybridized carbons (Fsp3) is 0.118. The average molecular weight is 332 g/mol. The number of hydrogen-bond donors (Lipinski definition) is 2. The third-order valence-electron chi connectivity index (χ3n) is 3.42. The van der Waals surface area contributed by atoms with E-state index in [1.807, 2.05) is 48.5 Å². The zero-order chi connectivity index (χ0) is 15.5. The van der Waals surface area contributed by atoms with Gasteiger partial charge in [0, 0.05) is 11.3 Å². The van der Waals surface area contributed by atoms with Gasteiger partial charge in [0.2, 0.25) is 0 Å². The van der Waals surface area contributed by atoms with Crippen molar-refractivity contribution in [3.05, 3.63) is 75.8 Å². The highest BCUT2D eigenvalue weighted by Crippen LogP contribution is 2.38. The maximum absolute atomic E-state index is 12.3. The van der Waals surface area contributed by atoms with E-state index in [-0.39, 0.29) is 17.7 Å². The minimum atomic E-state index is -0.275. The van der Waals surface area contributed by atoms with Gasteiger partial charge in [-0.1, -0.05) is 65.8 Å². The molecule has 112 valence electrons. The molecule has 0 aromatic heterocycles. The number of rotatable bonds is 3. The highest BCUT2D eigenvalue weighted by molar-refractivity contribution is 8.04. The fourth-order valence-corrected chi connectivity index (χ4v) is 3.46. The standard InChI is InChI=1S/C17H14ClNO2S/c18-12-8-4-5-9-15(12)22-16-14(20)10-13(19-17(16)21)11-6-2-1-3-7-11/h1-9,13,20H,10H2,(H,19,21). The summed E-state index contributed by atoms with van der Waals surface area (Å²) in [5.41, 5.74) is 0.976. The van der Waals surface area contributed by atoms with Gasteiger partial charge in [0.1, 0.15) is 10.7 Å². The predicted octanol–water partition coefficient (Wildman–Crippen LogP) is 4.46. The second-order valence-corrected chi connectivity index (χ2v) is 6.41. The third kappa shape index (κ3) is 3.13. The van der Waals surface area contributed by atoms with Crippen molar-refractivity contribution >= 4 is 29.3 Å². The molecule has 2 aromatic rings. The molecule has 0 saturated carbocycles. The SMILES string of the molecule is O=C1NC(c2ccccc2)CC(O)=C1Sc1ccccc1Cl. The number of nitrogens with one attached hydrogen (secondary N) is 1. The maximum atomic E-state index is 12.3. The van der Waals surface area contributed by atoms with Crippen LogP contribution in [0.15, 0.2) is 70.2 Å². The van der Waals surface area contributed by atoms with Gasteiger partial charge < -0.3 is 10.4 Å². The van der Waals surface area contributed by atoms with Crippen molar-refractivity contribution in [1.29, 1.82) is 0 Å². The second kappa shape index (κ2) is 6.46. The molecular weight excluding hydrogens is 318 g/mol. The van der Waals surface area contributed by atoms with E-state index in [0.717, 1.165) is 10.5 Å². The van der Waals surface area contributed by atoms with Gasteiger partial charge in [0.05, 0.1) is 11.1 Å². The van der Waals surface area contributed by atoms with Gasteiger partial charge in [-0.2, -0.15) is 0 Å². The summed E-state index contributed by atoms with van der Waals surface area (Å²) in [4.78, 5) is 13.4. The van der Waals surface area contributed by atoms with Crippen molar-refractivity contribution in [2.75, 3.05) is 0 Å². The molecule has 3 nitrogen and oxygen atoms in total. The molecule has 2 aromatic carbocycles. The van der Waals surface area contributed by atoms with Crippen LogP contribution in [-0.4, -0.2) is 11.0 Å². The molecule has 5 heteroatoms. The lowest BCUT2D eigenvalue weighted by molar-refractivity contribution is -0.118. The number of thioether (sulfide) groups is 1. The molecule has 0 spiro atoms. The van der Waals surface area contributed by atoms with Crippen molar-refractivity contribution in [2.24, 2.45) is 0 Å². The summed E-state index contributed by atoms with van der Waals surface area (Å²) >= 11 is 7.30. The lowest BCUT2D eigenvalue weighted by atomic mass is 10.00. The van der Waals surface area contributed by atoms with Gasteiger partial charge in [-0.15, -0.1) is 0 Å². The second-order valence-electron chi connectivity index (χ2n) is 4.95. The van der Waals surface area contributed by atoms with Crippen LogP contribution in [-0.2, 0) is 4.79 Å². The lowest BCUT2D eigenvalue weighted by Gasteiger charge is -2.25. The Bertz CT molecular complexity index is 730. The van der Waals surface area contributed by atoms with E-state index < -0.39 is 0 Å². The van der Waals surface area contributed by atoms with Crippen LogP contribution in [0.5, 0.6) is 0 Å². The van der Waals surface area contributed by atoms with Gasteiger partial charge in [-0.05, 0) is 17.7 Å². The Morgan fingerprint density at radius 3 is 2.45 bits per heavy atom. The first kappa shape index (κ1) is 15.0. The van der Waals surface area contributed by atoms with Crippen LogP contribution >= 0.6 is 23.4 Å². The summed E-state index contributed by atoms with van der Waals surface area (Å²) in [5.74, 6) is -0.176. The Morgan fingerprint density at radius 1 is 1.09 bits per heavy atom. The smallest absolute Gasteiger partial charge is 0.261 e. The Hall–Kier alpha value is -1.91. The predicted molar refractivity (Wildman–Crippen MR) is 88.9 cm³/mol. The van der Waals surface area contributed by atoms with E-state index in [1.165, 1.54) is 11.8 Å². The minimum absolute atomic E-state index is 0.0996. The Labute approximate surface area is 138 Å². The molecule has 0 aliphatic carbocycles. The van der Waals surface area contributed by atoms with Gasteiger partial charge in [-0.3, -0.25) is 4.79 Å². The molecule has 1 aliphatic heterocycles. The molecule has 2 N–H and O–H groups in total. The summed E-state index contributed by atoms with van der Waals surface area (Å²) in [6.45, 7) is 0. The van der Waals surface area contributed by atoms with Crippen molar-refractivity contribution in [3.8, 4) is 0 Å². The highest BCUT2D eigenvalue weighted by atomic mass is 35.5. The van der Waals surface area contributed by atoms with Crippen molar-refractivity contribution in [3.63, 3.8) is 0 Å². The largest absolute Gasteiger partial charge is 0.511 e. The zero-order valence-corrected chi connectivity index (χ0v) is 13.2. The van der Waals surface area contributed by atoms with Crippen LogP contribution in [0.1, 0.15) is 18.0 Å². The molecule has 3 rings (SSSR count). The third-order valence-corrected chi connectivity index (χ3v) is 5.06. The quantitative estimate of drug-likeness (QED) is 0.872.